The Labute approximate surface area is 202 Å². The van der Waals surface area contributed by atoms with Gasteiger partial charge in [-0.15, -0.1) is 11.3 Å². The van der Waals surface area contributed by atoms with Crippen LogP contribution in [0.4, 0.5) is 5.82 Å². The highest BCUT2D eigenvalue weighted by Crippen LogP contribution is 2.36. The number of rotatable bonds is 6. The van der Waals surface area contributed by atoms with Gasteiger partial charge in [0.05, 0.1) is 35.1 Å². The number of morpholine rings is 1. The third-order valence-electron chi connectivity index (χ3n) is 6.93. The minimum atomic E-state index is 0.690. The minimum Gasteiger partial charge on any atom is -0.384 e. The largest absolute Gasteiger partial charge is 0.384 e. The molecule has 34 heavy (non-hydrogen) atoms. The molecule has 9 heteroatoms. The van der Waals surface area contributed by atoms with Crippen LogP contribution in [0.15, 0.2) is 30.5 Å². The van der Waals surface area contributed by atoms with E-state index < -0.39 is 0 Å². The number of H-pyrrole nitrogens is 1. The molecule has 0 saturated carbocycles. The number of hydrogen-bond acceptors (Lipinski definition) is 8. The molecule has 0 atom stereocenters. The minimum absolute atomic E-state index is 0.690. The Balaban J connectivity index is 1.35. The molecule has 4 aromatic rings. The lowest BCUT2D eigenvalue weighted by atomic mass is 9.98. The third kappa shape index (κ3) is 4.29. The predicted molar refractivity (Wildman–Crippen MR) is 135 cm³/mol. The summed E-state index contributed by atoms with van der Waals surface area (Å²) in [5.74, 6) is 2.47. The molecule has 0 aliphatic carbocycles. The molecule has 178 valence electrons. The number of piperidine rings is 1. The standard InChI is InChI=1S/C25H30N6O2S/c1-32-16-17-5-7-30(8-6-17)15-18-13-22-23(34-18)25(31-9-11-33-12-10-31)28-24(27-22)19-3-2-4-21-20(19)14-26-29-21/h2-4,13-14,17H,5-12,15-16H2,1H3,(H,26,29). The first-order chi connectivity index (χ1) is 16.8. The SMILES string of the molecule is COCC1CCN(Cc2cc3nc(-c4cccc5[nH]ncc45)nc(N4CCOCC4)c3s2)CC1. The number of thiophene rings is 1. The number of anilines is 1. The highest BCUT2D eigenvalue weighted by Gasteiger charge is 2.23. The van der Waals surface area contributed by atoms with Crippen molar-refractivity contribution >= 4 is 38.3 Å². The predicted octanol–water partition coefficient (Wildman–Crippen LogP) is 3.93. The van der Waals surface area contributed by atoms with Crippen molar-refractivity contribution in [3.63, 3.8) is 0 Å². The average Bonchev–Trinajstić information content (AvgIpc) is 3.52. The van der Waals surface area contributed by atoms with Crippen LogP contribution in [0.25, 0.3) is 32.5 Å². The normalized spacial score (nSPS) is 18.3. The number of nitrogens with one attached hydrogen (secondary N) is 1. The zero-order valence-electron chi connectivity index (χ0n) is 19.5. The van der Waals surface area contributed by atoms with E-state index in [9.17, 15) is 0 Å². The van der Waals surface area contributed by atoms with Gasteiger partial charge in [-0.3, -0.25) is 10.00 Å². The van der Waals surface area contributed by atoms with Gasteiger partial charge < -0.3 is 14.4 Å². The van der Waals surface area contributed by atoms with Crippen molar-refractivity contribution in [3.05, 3.63) is 35.3 Å². The number of aromatic nitrogens is 4. The molecule has 0 amide bonds. The third-order valence-corrected chi connectivity index (χ3v) is 8.03. The van der Waals surface area contributed by atoms with Crippen molar-refractivity contribution in [2.24, 2.45) is 5.92 Å². The lowest BCUT2D eigenvalue weighted by Gasteiger charge is -2.31. The molecule has 1 N–H and O–H groups in total. The summed E-state index contributed by atoms with van der Waals surface area (Å²) in [6.45, 7) is 7.25. The summed E-state index contributed by atoms with van der Waals surface area (Å²) in [6.07, 6.45) is 4.27. The average molecular weight is 479 g/mol. The number of nitrogens with zero attached hydrogens (tertiary/aromatic N) is 5. The molecule has 2 aliphatic heterocycles. The van der Waals surface area contributed by atoms with Crippen molar-refractivity contribution in [2.75, 3.05) is 58.0 Å². The first-order valence-electron chi connectivity index (χ1n) is 12.1. The highest BCUT2D eigenvalue weighted by atomic mass is 32.1. The zero-order chi connectivity index (χ0) is 22.9. The van der Waals surface area contributed by atoms with E-state index in [0.717, 1.165) is 86.2 Å². The summed E-state index contributed by atoms with van der Waals surface area (Å²) in [6, 6.07) is 8.42. The van der Waals surface area contributed by atoms with E-state index >= 15 is 0 Å². The number of hydrogen-bond donors (Lipinski definition) is 1. The van der Waals surface area contributed by atoms with E-state index in [0.29, 0.717) is 5.92 Å². The number of likely N-dealkylation sites (tertiary alicyclic amines) is 1. The number of benzene rings is 1. The van der Waals surface area contributed by atoms with Crippen LogP contribution in [0.3, 0.4) is 0 Å². The quantitative estimate of drug-likeness (QED) is 0.450. The maximum absolute atomic E-state index is 5.62. The second-order valence-corrected chi connectivity index (χ2v) is 10.3. The van der Waals surface area contributed by atoms with Gasteiger partial charge in [0.2, 0.25) is 0 Å². The summed E-state index contributed by atoms with van der Waals surface area (Å²) in [4.78, 5) is 16.4. The van der Waals surface area contributed by atoms with Crippen LogP contribution in [-0.2, 0) is 16.0 Å². The Morgan fingerprint density at radius 2 is 2.00 bits per heavy atom. The maximum Gasteiger partial charge on any atom is 0.162 e. The molecular formula is C25H30N6O2S. The van der Waals surface area contributed by atoms with Gasteiger partial charge >= 0.3 is 0 Å². The van der Waals surface area contributed by atoms with Gasteiger partial charge in [0.1, 0.15) is 0 Å². The van der Waals surface area contributed by atoms with Crippen LogP contribution in [0.1, 0.15) is 17.7 Å². The van der Waals surface area contributed by atoms with Crippen LogP contribution in [-0.4, -0.2) is 78.2 Å². The molecule has 0 bridgehead atoms. The highest BCUT2D eigenvalue weighted by molar-refractivity contribution is 7.19. The molecule has 3 aromatic heterocycles. The van der Waals surface area contributed by atoms with Crippen molar-refractivity contribution in [1.82, 2.24) is 25.1 Å². The van der Waals surface area contributed by atoms with Crippen LogP contribution in [0.5, 0.6) is 0 Å². The molecule has 5 heterocycles. The molecule has 2 aliphatic rings. The molecule has 2 fully saturated rings. The Morgan fingerprint density at radius 3 is 2.82 bits per heavy atom. The van der Waals surface area contributed by atoms with E-state index in [2.05, 4.69) is 32.1 Å². The zero-order valence-corrected chi connectivity index (χ0v) is 20.3. The number of ether oxygens (including phenoxy) is 2. The topological polar surface area (TPSA) is 79.4 Å². The van der Waals surface area contributed by atoms with E-state index in [1.54, 1.807) is 7.11 Å². The van der Waals surface area contributed by atoms with E-state index in [1.165, 1.54) is 22.4 Å². The number of fused-ring (bicyclic) bond motifs is 2. The molecule has 8 nitrogen and oxygen atoms in total. The Kier molecular flexibility index (Phi) is 6.17. The molecule has 0 unspecified atom stereocenters. The maximum atomic E-state index is 5.62. The molecule has 0 radical (unpaired) electrons. The van der Waals surface area contributed by atoms with E-state index in [4.69, 9.17) is 19.4 Å². The van der Waals surface area contributed by atoms with E-state index in [1.807, 2.05) is 29.7 Å². The van der Waals surface area contributed by atoms with Crippen molar-refractivity contribution in [1.29, 1.82) is 0 Å². The van der Waals surface area contributed by atoms with Crippen LogP contribution >= 0.6 is 11.3 Å². The fourth-order valence-corrected chi connectivity index (χ4v) is 6.24. The first kappa shape index (κ1) is 21.9. The first-order valence-corrected chi connectivity index (χ1v) is 12.9. The van der Waals surface area contributed by atoms with Gasteiger partial charge in [0, 0.05) is 49.2 Å². The van der Waals surface area contributed by atoms with Gasteiger partial charge in [-0.25, -0.2) is 9.97 Å². The molecule has 6 rings (SSSR count). The lowest BCUT2D eigenvalue weighted by Crippen LogP contribution is -2.36. The molecule has 2 saturated heterocycles. The summed E-state index contributed by atoms with van der Waals surface area (Å²) < 4.78 is 12.2. The van der Waals surface area contributed by atoms with Gasteiger partial charge in [0.15, 0.2) is 11.6 Å². The lowest BCUT2D eigenvalue weighted by molar-refractivity contribution is 0.0972. The molecule has 0 spiro atoms. The second kappa shape index (κ2) is 9.58. The fourth-order valence-electron chi connectivity index (χ4n) is 5.08. The molecule has 1 aromatic carbocycles. The summed E-state index contributed by atoms with van der Waals surface area (Å²) in [7, 11) is 1.80. The van der Waals surface area contributed by atoms with Crippen LogP contribution in [0.2, 0.25) is 0 Å². The monoisotopic (exact) mass is 478 g/mol. The van der Waals surface area contributed by atoms with Gasteiger partial charge in [-0.05, 0) is 44.0 Å². The van der Waals surface area contributed by atoms with Crippen LogP contribution < -0.4 is 4.90 Å². The van der Waals surface area contributed by atoms with Gasteiger partial charge in [-0.1, -0.05) is 12.1 Å². The van der Waals surface area contributed by atoms with Crippen molar-refractivity contribution in [3.8, 4) is 11.4 Å². The van der Waals surface area contributed by atoms with E-state index in [-0.39, 0.29) is 0 Å². The number of methoxy groups -OCH3 is 1. The van der Waals surface area contributed by atoms with Crippen molar-refractivity contribution < 1.29 is 9.47 Å². The fraction of sp³-hybridized carbons (Fsp3) is 0.480. The summed E-state index contributed by atoms with van der Waals surface area (Å²) in [5.41, 5.74) is 3.04. The van der Waals surface area contributed by atoms with Crippen LogP contribution in [0, 0.1) is 5.92 Å². The van der Waals surface area contributed by atoms with Crippen molar-refractivity contribution in [2.45, 2.75) is 19.4 Å². The summed E-state index contributed by atoms with van der Waals surface area (Å²) >= 11 is 1.84. The molecular weight excluding hydrogens is 448 g/mol. The Bertz CT molecular complexity index is 1270. The Morgan fingerprint density at radius 1 is 1.15 bits per heavy atom. The van der Waals surface area contributed by atoms with Gasteiger partial charge in [0.25, 0.3) is 0 Å². The van der Waals surface area contributed by atoms with Gasteiger partial charge in [-0.2, -0.15) is 5.10 Å². The summed E-state index contributed by atoms with van der Waals surface area (Å²) in [5, 5.41) is 8.34. The Hall–Kier alpha value is -2.59. The second-order valence-electron chi connectivity index (χ2n) is 9.21. The smallest absolute Gasteiger partial charge is 0.162 e. The number of aromatic amines is 1.